The van der Waals surface area contributed by atoms with Crippen LogP contribution in [-0.4, -0.2) is 21.8 Å². The molecule has 15 heavy (non-hydrogen) atoms. The van der Waals surface area contributed by atoms with Crippen LogP contribution in [0, 0.1) is 11.8 Å². The minimum Gasteiger partial charge on any atom is -0.481 e. The summed E-state index contributed by atoms with van der Waals surface area (Å²) in [5.74, 6) is -1.24. The van der Waals surface area contributed by atoms with E-state index in [1.165, 1.54) is 0 Å². The van der Waals surface area contributed by atoms with Crippen LogP contribution in [0.5, 0.6) is 0 Å². The minimum absolute atomic E-state index is 0.171. The Morgan fingerprint density at radius 2 is 2.20 bits per heavy atom. The fourth-order valence-corrected chi connectivity index (χ4v) is 2.98. The first-order valence-electron chi connectivity index (χ1n) is 6.01. The molecule has 3 heteroatoms. The Balaban J connectivity index is 2.83. The Kier molecular flexibility index (Phi) is 4.14. The molecule has 0 aromatic heterocycles. The van der Waals surface area contributed by atoms with Crippen LogP contribution in [0.25, 0.3) is 0 Å². The second-order valence-electron chi connectivity index (χ2n) is 4.67. The van der Waals surface area contributed by atoms with Gasteiger partial charge in [0.15, 0.2) is 0 Å². The molecule has 1 fully saturated rings. The average molecular weight is 214 g/mol. The van der Waals surface area contributed by atoms with Gasteiger partial charge >= 0.3 is 5.97 Å². The lowest BCUT2D eigenvalue weighted by molar-refractivity contribution is -0.156. The molecule has 0 saturated heterocycles. The van der Waals surface area contributed by atoms with E-state index in [4.69, 9.17) is 0 Å². The molecule has 1 saturated carbocycles. The minimum atomic E-state index is -0.948. The molecule has 0 aromatic carbocycles. The number of carbonyl (C=O) groups is 1. The summed E-state index contributed by atoms with van der Waals surface area (Å²) in [5, 5.41) is 19.7. The molecule has 3 atom stereocenters. The fraction of sp³-hybridized carbons (Fsp3) is 0.917. The van der Waals surface area contributed by atoms with Gasteiger partial charge < -0.3 is 10.2 Å². The lowest BCUT2D eigenvalue weighted by Crippen LogP contribution is -2.45. The van der Waals surface area contributed by atoms with Crippen molar-refractivity contribution in [1.82, 2.24) is 0 Å². The van der Waals surface area contributed by atoms with Crippen LogP contribution in [0.1, 0.15) is 52.4 Å². The standard InChI is InChI=1S/C12H22O3/c1-3-6-10(11(13)14)12(15)8-5-7-9(12)4-2/h9-10,15H,3-8H2,1-2H3,(H,13,14). The van der Waals surface area contributed by atoms with Crippen LogP contribution in [0.2, 0.25) is 0 Å². The molecule has 0 bridgehead atoms. The van der Waals surface area contributed by atoms with Crippen molar-refractivity contribution in [3.05, 3.63) is 0 Å². The predicted molar refractivity (Wildman–Crippen MR) is 58.6 cm³/mol. The second-order valence-corrected chi connectivity index (χ2v) is 4.67. The van der Waals surface area contributed by atoms with Crippen LogP contribution < -0.4 is 0 Å². The summed E-state index contributed by atoms with van der Waals surface area (Å²) in [7, 11) is 0. The lowest BCUT2D eigenvalue weighted by Gasteiger charge is -2.35. The molecule has 1 aliphatic rings. The van der Waals surface area contributed by atoms with E-state index in [1.807, 2.05) is 13.8 Å². The maximum Gasteiger partial charge on any atom is 0.309 e. The molecule has 0 amide bonds. The molecular weight excluding hydrogens is 192 g/mol. The molecule has 1 aliphatic carbocycles. The van der Waals surface area contributed by atoms with Gasteiger partial charge in [-0.05, 0) is 25.2 Å². The molecule has 3 nitrogen and oxygen atoms in total. The Labute approximate surface area is 91.5 Å². The Morgan fingerprint density at radius 3 is 2.67 bits per heavy atom. The van der Waals surface area contributed by atoms with Crippen LogP contribution >= 0.6 is 0 Å². The molecule has 0 spiro atoms. The molecule has 3 unspecified atom stereocenters. The maximum atomic E-state index is 11.2. The summed E-state index contributed by atoms with van der Waals surface area (Å²) in [6.07, 6.45) is 4.87. The highest BCUT2D eigenvalue weighted by atomic mass is 16.4. The van der Waals surface area contributed by atoms with Crippen molar-refractivity contribution in [2.24, 2.45) is 11.8 Å². The van der Waals surface area contributed by atoms with Crippen molar-refractivity contribution in [3.8, 4) is 0 Å². The number of hydrogen-bond acceptors (Lipinski definition) is 2. The van der Waals surface area contributed by atoms with E-state index < -0.39 is 17.5 Å². The Morgan fingerprint density at radius 1 is 1.53 bits per heavy atom. The average Bonchev–Trinajstić information content (AvgIpc) is 2.56. The summed E-state index contributed by atoms with van der Waals surface area (Å²) in [5.41, 5.74) is -0.948. The second kappa shape index (κ2) is 4.97. The van der Waals surface area contributed by atoms with E-state index in [-0.39, 0.29) is 5.92 Å². The first-order valence-corrected chi connectivity index (χ1v) is 6.01. The zero-order valence-corrected chi connectivity index (χ0v) is 9.70. The van der Waals surface area contributed by atoms with Gasteiger partial charge in [-0.3, -0.25) is 4.79 Å². The molecule has 0 aromatic rings. The lowest BCUT2D eigenvalue weighted by atomic mass is 9.76. The third kappa shape index (κ3) is 2.33. The normalized spacial score (nSPS) is 32.9. The molecule has 0 aliphatic heterocycles. The first-order chi connectivity index (χ1) is 7.06. The summed E-state index contributed by atoms with van der Waals surface area (Å²) < 4.78 is 0. The van der Waals surface area contributed by atoms with E-state index in [1.54, 1.807) is 0 Å². The van der Waals surface area contributed by atoms with Gasteiger partial charge in [-0.15, -0.1) is 0 Å². The number of hydrogen-bond donors (Lipinski definition) is 2. The summed E-state index contributed by atoms with van der Waals surface area (Å²) in [4.78, 5) is 11.2. The third-order valence-corrected chi connectivity index (χ3v) is 3.81. The zero-order valence-electron chi connectivity index (χ0n) is 9.70. The highest BCUT2D eigenvalue weighted by Crippen LogP contribution is 2.44. The van der Waals surface area contributed by atoms with Crippen LogP contribution in [-0.2, 0) is 4.79 Å². The van der Waals surface area contributed by atoms with Gasteiger partial charge in [-0.25, -0.2) is 0 Å². The number of rotatable bonds is 5. The molecule has 0 heterocycles. The van der Waals surface area contributed by atoms with Gasteiger partial charge in [0, 0.05) is 0 Å². The predicted octanol–water partition coefficient (Wildman–Crippen LogP) is 2.43. The Bertz CT molecular complexity index is 227. The number of aliphatic carboxylic acids is 1. The van der Waals surface area contributed by atoms with Crippen molar-refractivity contribution >= 4 is 5.97 Å². The quantitative estimate of drug-likeness (QED) is 0.739. The van der Waals surface area contributed by atoms with Crippen LogP contribution in [0.4, 0.5) is 0 Å². The maximum absolute atomic E-state index is 11.2. The molecule has 0 radical (unpaired) electrons. The molecule has 1 rings (SSSR count). The van der Waals surface area contributed by atoms with Crippen molar-refractivity contribution in [2.75, 3.05) is 0 Å². The van der Waals surface area contributed by atoms with Gasteiger partial charge in [0.1, 0.15) is 0 Å². The number of carboxylic acids is 1. The monoisotopic (exact) mass is 214 g/mol. The molecule has 2 N–H and O–H groups in total. The van der Waals surface area contributed by atoms with Crippen molar-refractivity contribution in [1.29, 1.82) is 0 Å². The van der Waals surface area contributed by atoms with E-state index >= 15 is 0 Å². The Hall–Kier alpha value is -0.570. The number of aliphatic hydroxyl groups is 1. The van der Waals surface area contributed by atoms with E-state index in [0.29, 0.717) is 12.8 Å². The van der Waals surface area contributed by atoms with Gasteiger partial charge in [-0.2, -0.15) is 0 Å². The third-order valence-electron chi connectivity index (χ3n) is 3.81. The van der Waals surface area contributed by atoms with Crippen LogP contribution in [0.15, 0.2) is 0 Å². The van der Waals surface area contributed by atoms with Gasteiger partial charge in [0.2, 0.25) is 0 Å². The van der Waals surface area contributed by atoms with Gasteiger partial charge in [-0.1, -0.05) is 33.1 Å². The van der Waals surface area contributed by atoms with Crippen molar-refractivity contribution in [2.45, 2.75) is 58.0 Å². The van der Waals surface area contributed by atoms with E-state index in [0.717, 1.165) is 25.7 Å². The smallest absolute Gasteiger partial charge is 0.309 e. The van der Waals surface area contributed by atoms with Crippen molar-refractivity contribution in [3.63, 3.8) is 0 Å². The number of carboxylic acid groups (broad SMARTS) is 1. The summed E-state index contributed by atoms with van der Waals surface area (Å²) in [6.45, 7) is 4.00. The fourth-order valence-electron chi connectivity index (χ4n) is 2.98. The highest BCUT2D eigenvalue weighted by molar-refractivity contribution is 5.71. The van der Waals surface area contributed by atoms with Crippen molar-refractivity contribution < 1.29 is 15.0 Å². The SMILES string of the molecule is CCCC(C(=O)O)C1(O)CCCC1CC. The highest BCUT2D eigenvalue weighted by Gasteiger charge is 2.48. The first kappa shape index (κ1) is 12.5. The summed E-state index contributed by atoms with van der Waals surface area (Å²) >= 11 is 0. The largest absolute Gasteiger partial charge is 0.481 e. The topological polar surface area (TPSA) is 57.5 Å². The van der Waals surface area contributed by atoms with E-state index in [9.17, 15) is 15.0 Å². The summed E-state index contributed by atoms with van der Waals surface area (Å²) in [6, 6.07) is 0. The van der Waals surface area contributed by atoms with Crippen LogP contribution in [0.3, 0.4) is 0 Å². The van der Waals surface area contributed by atoms with Gasteiger partial charge in [0.25, 0.3) is 0 Å². The van der Waals surface area contributed by atoms with Gasteiger partial charge in [0.05, 0.1) is 11.5 Å². The zero-order chi connectivity index (χ0) is 11.5. The molecular formula is C12H22O3. The van der Waals surface area contributed by atoms with E-state index in [2.05, 4.69) is 0 Å². The molecule has 88 valence electrons.